The zero-order valence-corrected chi connectivity index (χ0v) is 9.73. The van der Waals surface area contributed by atoms with Crippen molar-refractivity contribution in [3.63, 3.8) is 0 Å². The first-order chi connectivity index (χ1) is 7.16. The molecule has 0 saturated heterocycles. The largest absolute Gasteiger partial charge is 0.306 e. The summed E-state index contributed by atoms with van der Waals surface area (Å²) < 4.78 is 2.82. The van der Waals surface area contributed by atoms with E-state index in [4.69, 9.17) is 0 Å². The molecule has 0 radical (unpaired) electrons. The lowest BCUT2D eigenvalue weighted by Gasteiger charge is -2.01. The van der Waals surface area contributed by atoms with Gasteiger partial charge in [-0.25, -0.2) is 4.98 Å². The average Bonchev–Trinajstić information content (AvgIpc) is 2.66. The molecular weight excluding hydrogens is 256 g/mol. The molecule has 0 spiro atoms. The Morgan fingerprint density at radius 3 is 2.87 bits per heavy atom. The van der Waals surface area contributed by atoms with Crippen molar-refractivity contribution >= 4 is 21.7 Å². The summed E-state index contributed by atoms with van der Waals surface area (Å²) in [4.78, 5) is 15.1. The van der Waals surface area contributed by atoms with E-state index >= 15 is 0 Å². The third kappa shape index (κ3) is 2.15. The van der Waals surface area contributed by atoms with E-state index in [1.54, 1.807) is 12.5 Å². The maximum absolute atomic E-state index is 11.1. The van der Waals surface area contributed by atoms with Gasteiger partial charge in [-0.1, -0.05) is 22.0 Å². The highest BCUT2D eigenvalue weighted by Gasteiger charge is 2.04. The highest BCUT2D eigenvalue weighted by Crippen LogP contribution is 2.15. The summed E-state index contributed by atoms with van der Waals surface area (Å²) in [6, 6.07) is 7.81. The molecule has 4 heteroatoms. The van der Waals surface area contributed by atoms with Gasteiger partial charge in [-0.3, -0.25) is 4.79 Å². The molecule has 2 aromatic rings. The van der Waals surface area contributed by atoms with Gasteiger partial charge in [0.2, 0.25) is 0 Å². The van der Waals surface area contributed by atoms with Crippen LogP contribution in [0.15, 0.2) is 41.3 Å². The minimum Gasteiger partial charge on any atom is -0.306 e. The van der Waals surface area contributed by atoms with Crippen LogP contribution in [0.1, 0.15) is 17.4 Å². The predicted octanol–water partition coefficient (Wildman–Crippen LogP) is 2.84. The van der Waals surface area contributed by atoms with Gasteiger partial charge in [0.1, 0.15) is 12.0 Å². The first kappa shape index (κ1) is 10.1. The molecule has 0 atom stereocenters. The summed E-state index contributed by atoms with van der Waals surface area (Å²) >= 11 is 3.39. The van der Waals surface area contributed by atoms with Gasteiger partial charge in [0, 0.05) is 23.3 Å². The number of carbonyl (C=O) groups is 1. The fourth-order valence-corrected chi connectivity index (χ4v) is 1.67. The molecule has 1 aromatic heterocycles. The fourth-order valence-electron chi connectivity index (χ4n) is 1.28. The Kier molecular flexibility index (Phi) is 2.68. The van der Waals surface area contributed by atoms with Crippen molar-refractivity contribution in [3.8, 4) is 5.69 Å². The molecule has 0 N–H and O–H groups in total. The van der Waals surface area contributed by atoms with Crippen molar-refractivity contribution in [2.24, 2.45) is 0 Å². The number of hydrogen-bond donors (Lipinski definition) is 0. The van der Waals surface area contributed by atoms with E-state index in [2.05, 4.69) is 20.9 Å². The average molecular weight is 265 g/mol. The standard InChI is InChI=1S/C11H9BrN2O/c1-8(15)11-6-14(7-13-11)10-4-2-3-9(12)5-10/h2-7H,1H3. The zero-order chi connectivity index (χ0) is 10.8. The van der Waals surface area contributed by atoms with Crippen LogP contribution in [-0.2, 0) is 0 Å². The molecule has 0 aliphatic rings. The minimum atomic E-state index is -0.0243. The Morgan fingerprint density at radius 1 is 1.47 bits per heavy atom. The molecule has 0 amide bonds. The van der Waals surface area contributed by atoms with E-state index in [0.717, 1.165) is 10.2 Å². The summed E-state index contributed by atoms with van der Waals surface area (Å²) in [5.74, 6) is -0.0243. The van der Waals surface area contributed by atoms with Crippen LogP contribution in [-0.4, -0.2) is 15.3 Å². The second kappa shape index (κ2) is 3.98. The predicted molar refractivity (Wildman–Crippen MR) is 61.3 cm³/mol. The van der Waals surface area contributed by atoms with Crippen LogP contribution < -0.4 is 0 Å². The first-order valence-electron chi connectivity index (χ1n) is 4.47. The summed E-state index contributed by atoms with van der Waals surface area (Å²) in [5.41, 5.74) is 1.46. The molecule has 0 saturated carbocycles. The number of rotatable bonds is 2. The second-order valence-electron chi connectivity index (χ2n) is 3.20. The maximum Gasteiger partial charge on any atom is 0.179 e. The Labute approximate surface area is 95.9 Å². The fraction of sp³-hybridized carbons (Fsp3) is 0.0909. The molecule has 15 heavy (non-hydrogen) atoms. The SMILES string of the molecule is CC(=O)c1cn(-c2cccc(Br)c2)cn1. The minimum absolute atomic E-state index is 0.0243. The van der Waals surface area contributed by atoms with E-state index in [9.17, 15) is 4.79 Å². The zero-order valence-electron chi connectivity index (χ0n) is 8.14. The molecule has 0 aliphatic heterocycles. The highest BCUT2D eigenvalue weighted by atomic mass is 79.9. The number of ketones is 1. The number of aromatic nitrogens is 2. The highest BCUT2D eigenvalue weighted by molar-refractivity contribution is 9.10. The summed E-state index contributed by atoms with van der Waals surface area (Å²) in [7, 11) is 0. The van der Waals surface area contributed by atoms with Crippen molar-refractivity contribution in [2.75, 3.05) is 0 Å². The molecule has 76 valence electrons. The number of carbonyl (C=O) groups excluding carboxylic acids is 1. The normalized spacial score (nSPS) is 10.3. The Morgan fingerprint density at radius 2 is 2.27 bits per heavy atom. The van der Waals surface area contributed by atoms with Crippen LogP contribution in [0.4, 0.5) is 0 Å². The topological polar surface area (TPSA) is 34.9 Å². The van der Waals surface area contributed by atoms with Gasteiger partial charge in [0.25, 0.3) is 0 Å². The lowest BCUT2D eigenvalue weighted by atomic mass is 10.3. The number of halogens is 1. The van der Waals surface area contributed by atoms with Gasteiger partial charge in [-0.2, -0.15) is 0 Å². The lowest BCUT2D eigenvalue weighted by Crippen LogP contribution is -1.92. The number of benzene rings is 1. The van der Waals surface area contributed by atoms with Crippen LogP contribution >= 0.6 is 15.9 Å². The van der Waals surface area contributed by atoms with Crippen LogP contribution in [0.25, 0.3) is 5.69 Å². The Hall–Kier alpha value is -1.42. The van der Waals surface area contributed by atoms with Gasteiger partial charge < -0.3 is 4.57 Å². The summed E-state index contributed by atoms with van der Waals surface area (Å²) in [5, 5.41) is 0. The molecule has 3 nitrogen and oxygen atoms in total. The quantitative estimate of drug-likeness (QED) is 0.782. The molecular formula is C11H9BrN2O. The van der Waals surface area contributed by atoms with Gasteiger partial charge >= 0.3 is 0 Å². The summed E-state index contributed by atoms with van der Waals surface area (Å²) in [6.45, 7) is 1.51. The van der Waals surface area contributed by atoms with Crippen molar-refractivity contribution in [1.29, 1.82) is 0 Å². The monoisotopic (exact) mass is 264 g/mol. The molecule has 0 aliphatic carbocycles. The van der Waals surface area contributed by atoms with Crippen molar-refractivity contribution in [3.05, 3.63) is 47.0 Å². The number of Topliss-reactive ketones (excluding diaryl/α,β-unsaturated/α-hetero) is 1. The van der Waals surface area contributed by atoms with Gasteiger partial charge in [-0.05, 0) is 18.2 Å². The molecule has 1 aromatic carbocycles. The van der Waals surface area contributed by atoms with Gasteiger partial charge in [0.05, 0.1) is 0 Å². The Balaban J connectivity index is 2.41. The van der Waals surface area contributed by atoms with Crippen molar-refractivity contribution in [1.82, 2.24) is 9.55 Å². The molecule has 0 fully saturated rings. The van der Waals surface area contributed by atoms with Crippen LogP contribution in [0.2, 0.25) is 0 Å². The molecule has 2 rings (SSSR count). The third-order valence-electron chi connectivity index (χ3n) is 2.05. The van der Waals surface area contributed by atoms with E-state index < -0.39 is 0 Å². The summed E-state index contributed by atoms with van der Waals surface area (Å²) in [6.07, 6.45) is 3.36. The van der Waals surface area contributed by atoms with Crippen LogP contribution in [0.5, 0.6) is 0 Å². The van der Waals surface area contributed by atoms with Crippen LogP contribution in [0, 0.1) is 0 Å². The second-order valence-corrected chi connectivity index (χ2v) is 4.12. The number of nitrogens with zero attached hydrogens (tertiary/aromatic N) is 2. The van der Waals surface area contributed by atoms with E-state index in [1.165, 1.54) is 6.92 Å². The van der Waals surface area contributed by atoms with Crippen LogP contribution in [0.3, 0.4) is 0 Å². The molecule has 0 unspecified atom stereocenters. The first-order valence-corrected chi connectivity index (χ1v) is 5.27. The molecule has 0 bridgehead atoms. The van der Waals surface area contributed by atoms with E-state index in [1.807, 2.05) is 28.8 Å². The van der Waals surface area contributed by atoms with Gasteiger partial charge in [-0.15, -0.1) is 0 Å². The maximum atomic E-state index is 11.1. The number of hydrogen-bond acceptors (Lipinski definition) is 2. The number of imidazole rings is 1. The van der Waals surface area contributed by atoms with Crippen molar-refractivity contribution < 1.29 is 4.79 Å². The van der Waals surface area contributed by atoms with E-state index in [-0.39, 0.29) is 5.78 Å². The third-order valence-corrected chi connectivity index (χ3v) is 2.54. The smallest absolute Gasteiger partial charge is 0.179 e. The molecule has 1 heterocycles. The van der Waals surface area contributed by atoms with Gasteiger partial charge in [0.15, 0.2) is 5.78 Å². The van der Waals surface area contributed by atoms with Crippen molar-refractivity contribution in [2.45, 2.75) is 6.92 Å². The Bertz CT molecular complexity index is 505. The van der Waals surface area contributed by atoms with E-state index in [0.29, 0.717) is 5.69 Å². The lowest BCUT2D eigenvalue weighted by molar-refractivity contribution is 0.101.